The summed E-state index contributed by atoms with van der Waals surface area (Å²) >= 11 is 0. The molecule has 3 rings (SSSR count). The van der Waals surface area contributed by atoms with Crippen LogP contribution >= 0.6 is 0 Å². The summed E-state index contributed by atoms with van der Waals surface area (Å²) in [5.74, 6) is 0.596. The van der Waals surface area contributed by atoms with Gasteiger partial charge in [0.05, 0.1) is 12.8 Å². The molecule has 1 aromatic heterocycles. The van der Waals surface area contributed by atoms with Gasteiger partial charge in [0.1, 0.15) is 11.6 Å². The van der Waals surface area contributed by atoms with E-state index in [0.717, 1.165) is 5.56 Å². The molecule has 3 aromatic rings. The third-order valence-corrected chi connectivity index (χ3v) is 3.55. The molecule has 5 nitrogen and oxygen atoms in total. The average Bonchev–Trinajstić information content (AvgIpc) is 2.62. The fraction of sp³-hybridized carbons (Fsp3) is 0.111. The van der Waals surface area contributed by atoms with E-state index >= 15 is 0 Å². The molecule has 0 amide bonds. The SMILES string of the molecule is COc1cccc(-n2ccnc(NCc3ccc(F)cc3)c2=O)c1. The van der Waals surface area contributed by atoms with Crippen LogP contribution in [0.2, 0.25) is 0 Å². The Labute approximate surface area is 138 Å². The van der Waals surface area contributed by atoms with Crippen molar-refractivity contribution >= 4 is 5.82 Å². The number of rotatable bonds is 5. The molecule has 6 heteroatoms. The van der Waals surface area contributed by atoms with Gasteiger partial charge in [-0.05, 0) is 29.8 Å². The molecule has 0 saturated heterocycles. The first-order valence-electron chi connectivity index (χ1n) is 7.38. The topological polar surface area (TPSA) is 56.1 Å². The van der Waals surface area contributed by atoms with E-state index in [1.54, 1.807) is 37.7 Å². The lowest BCUT2D eigenvalue weighted by Gasteiger charge is -2.10. The number of hydrogen-bond acceptors (Lipinski definition) is 4. The van der Waals surface area contributed by atoms with Gasteiger partial charge in [-0.1, -0.05) is 18.2 Å². The molecule has 0 spiro atoms. The average molecular weight is 325 g/mol. The van der Waals surface area contributed by atoms with Crippen LogP contribution in [-0.2, 0) is 6.54 Å². The molecule has 0 aliphatic carbocycles. The number of methoxy groups -OCH3 is 1. The first-order valence-corrected chi connectivity index (χ1v) is 7.38. The van der Waals surface area contributed by atoms with Crippen molar-refractivity contribution in [2.45, 2.75) is 6.54 Å². The van der Waals surface area contributed by atoms with Crippen molar-refractivity contribution in [3.63, 3.8) is 0 Å². The van der Waals surface area contributed by atoms with E-state index in [2.05, 4.69) is 10.3 Å². The number of ether oxygens (including phenoxy) is 1. The largest absolute Gasteiger partial charge is 0.497 e. The van der Waals surface area contributed by atoms with Crippen LogP contribution in [0.1, 0.15) is 5.56 Å². The Morgan fingerprint density at radius 1 is 1.21 bits per heavy atom. The number of hydrogen-bond donors (Lipinski definition) is 1. The number of anilines is 1. The molecule has 0 aliphatic heterocycles. The number of benzene rings is 2. The van der Waals surface area contributed by atoms with Crippen LogP contribution in [0.15, 0.2) is 65.7 Å². The van der Waals surface area contributed by atoms with Crippen LogP contribution in [-0.4, -0.2) is 16.7 Å². The van der Waals surface area contributed by atoms with Gasteiger partial charge < -0.3 is 10.1 Å². The van der Waals surface area contributed by atoms with Gasteiger partial charge in [-0.2, -0.15) is 0 Å². The fourth-order valence-electron chi connectivity index (χ4n) is 2.28. The fourth-order valence-corrected chi connectivity index (χ4v) is 2.28. The Morgan fingerprint density at radius 3 is 2.75 bits per heavy atom. The Bertz CT molecular complexity index is 891. The van der Waals surface area contributed by atoms with Gasteiger partial charge in [0.2, 0.25) is 0 Å². The highest BCUT2D eigenvalue weighted by Gasteiger charge is 2.07. The standard InChI is InChI=1S/C18H16FN3O2/c1-24-16-4-2-3-15(11-16)22-10-9-20-17(18(22)23)21-12-13-5-7-14(19)8-6-13/h2-11H,12H2,1H3,(H,20,21). The lowest BCUT2D eigenvalue weighted by molar-refractivity contribution is 0.414. The summed E-state index contributed by atoms with van der Waals surface area (Å²) in [7, 11) is 1.57. The van der Waals surface area contributed by atoms with Crippen molar-refractivity contribution in [2.24, 2.45) is 0 Å². The van der Waals surface area contributed by atoms with E-state index in [4.69, 9.17) is 4.74 Å². The molecule has 0 bridgehead atoms. The number of aromatic nitrogens is 2. The van der Waals surface area contributed by atoms with Crippen molar-refractivity contribution in [1.29, 1.82) is 0 Å². The van der Waals surface area contributed by atoms with Crippen molar-refractivity contribution in [3.8, 4) is 11.4 Å². The predicted octanol–water partition coefficient (Wildman–Crippen LogP) is 2.99. The van der Waals surface area contributed by atoms with Crippen LogP contribution in [0.25, 0.3) is 5.69 Å². The van der Waals surface area contributed by atoms with Gasteiger partial charge in [0.15, 0.2) is 5.82 Å². The maximum Gasteiger partial charge on any atom is 0.297 e. The number of nitrogens with one attached hydrogen (secondary N) is 1. The molecule has 0 radical (unpaired) electrons. The third kappa shape index (κ3) is 3.43. The van der Waals surface area contributed by atoms with Gasteiger partial charge in [-0.3, -0.25) is 9.36 Å². The molecule has 0 unspecified atom stereocenters. The van der Waals surface area contributed by atoms with Gasteiger partial charge in [0, 0.05) is 25.0 Å². The van der Waals surface area contributed by atoms with Gasteiger partial charge >= 0.3 is 0 Å². The zero-order chi connectivity index (χ0) is 16.9. The van der Waals surface area contributed by atoms with Crippen LogP contribution in [0, 0.1) is 5.82 Å². The third-order valence-electron chi connectivity index (χ3n) is 3.55. The first-order chi connectivity index (χ1) is 11.7. The summed E-state index contributed by atoms with van der Waals surface area (Å²) in [6, 6.07) is 13.3. The maximum atomic E-state index is 12.9. The zero-order valence-electron chi connectivity index (χ0n) is 13.1. The maximum absolute atomic E-state index is 12.9. The van der Waals surface area contributed by atoms with Crippen molar-refractivity contribution in [1.82, 2.24) is 9.55 Å². The first kappa shape index (κ1) is 15.7. The molecule has 1 N–H and O–H groups in total. The van der Waals surface area contributed by atoms with E-state index in [9.17, 15) is 9.18 Å². The zero-order valence-corrected chi connectivity index (χ0v) is 13.1. The summed E-state index contributed by atoms with van der Waals surface area (Å²) in [6.45, 7) is 0.380. The Balaban J connectivity index is 1.85. The molecule has 0 fully saturated rings. The van der Waals surface area contributed by atoms with E-state index in [0.29, 0.717) is 18.0 Å². The minimum atomic E-state index is -0.294. The van der Waals surface area contributed by atoms with Crippen molar-refractivity contribution < 1.29 is 9.13 Å². The van der Waals surface area contributed by atoms with Gasteiger partial charge in [0.25, 0.3) is 5.56 Å². The van der Waals surface area contributed by atoms with E-state index in [1.165, 1.54) is 16.7 Å². The summed E-state index contributed by atoms with van der Waals surface area (Å²) in [5, 5.41) is 2.99. The van der Waals surface area contributed by atoms with Crippen LogP contribution in [0.4, 0.5) is 10.2 Å². The van der Waals surface area contributed by atoms with E-state index < -0.39 is 0 Å². The minimum absolute atomic E-state index is 0.227. The predicted molar refractivity (Wildman–Crippen MR) is 90.1 cm³/mol. The molecule has 122 valence electrons. The monoisotopic (exact) mass is 325 g/mol. The van der Waals surface area contributed by atoms with Crippen molar-refractivity contribution in [2.75, 3.05) is 12.4 Å². The summed E-state index contributed by atoms with van der Waals surface area (Å²) in [4.78, 5) is 16.7. The van der Waals surface area contributed by atoms with Gasteiger partial charge in [-0.25, -0.2) is 9.37 Å². The minimum Gasteiger partial charge on any atom is -0.497 e. The van der Waals surface area contributed by atoms with Gasteiger partial charge in [-0.15, -0.1) is 0 Å². The molecule has 1 heterocycles. The number of nitrogens with zero attached hydrogens (tertiary/aromatic N) is 2. The Morgan fingerprint density at radius 2 is 2.00 bits per heavy atom. The second-order valence-electron chi connectivity index (χ2n) is 5.13. The molecule has 24 heavy (non-hydrogen) atoms. The summed E-state index contributed by atoms with van der Waals surface area (Å²) in [5.41, 5.74) is 1.27. The van der Waals surface area contributed by atoms with Crippen LogP contribution < -0.4 is 15.6 Å². The lowest BCUT2D eigenvalue weighted by Crippen LogP contribution is -2.23. The highest BCUT2D eigenvalue weighted by Crippen LogP contribution is 2.15. The Kier molecular flexibility index (Phi) is 4.56. The Hall–Kier alpha value is -3.15. The highest BCUT2D eigenvalue weighted by molar-refractivity contribution is 5.42. The van der Waals surface area contributed by atoms with E-state index in [1.807, 2.05) is 18.2 Å². The summed E-state index contributed by atoms with van der Waals surface area (Å²) < 4.78 is 19.6. The molecule has 0 aliphatic rings. The molecule has 2 aromatic carbocycles. The smallest absolute Gasteiger partial charge is 0.297 e. The van der Waals surface area contributed by atoms with Crippen LogP contribution in [0.5, 0.6) is 5.75 Å². The van der Waals surface area contributed by atoms with E-state index in [-0.39, 0.29) is 17.2 Å². The lowest BCUT2D eigenvalue weighted by atomic mass is 10.2. The molecule has 0 atom stereocenters. The number of halogens is 1. The quantitative estimate of drug-likeness (QED) is 0.783. The normalized spacial score (nSPS) is 10.4. The molecule has 0 saturated carbocycles. The van der Waals surface area contributed by atoms with Crippen molar-refractivity contribution in [3.05, 3.63) is 82.7 Å². The second-order valence-corrected chi connectivity index (χ2v) is 5.13. The molecular weight excluding hydrogens is 309 g/mol. The molecular formula is C18H16FN3O2. The summed E-state index contributed by atoms with van der Waals surface area (Å²) in [6.07, 6.45) is 3.15. The highest BCUT2D eigenvalue weighted by atomic mass is 19.1. The van der Waals surface area contributed by atoms with Crippen LogP contribution in [0.3, 0.4) is 0 Å². The second kappa shape index (κ2) is 6.95.